The van der Waals surface area contributed by atoms with E-state index in [4.69, 9.17) is 43.5 Å². The van der Waals surface area contributed by atoms with Crippen molar-refractivity contribution < 1.29 is 56.3 Å². The van der Waals surface area contributed by atoms with Gasteiger partial charge in [0.25, 0.3) is 0 Å². The Bertz CT molecular complexity index is 1210. The van der Waals surface area contributed by atoms with Gasteiger partial charge in [0.15, 0.2) is 11.1 Å². The summed E-state index contributed by atoms with van der Waals surface area (Å²) in [7, 11) is -17.0. The quantitative estimate of drug-likeness (QED) is 0.136. The van der Waals surface area contributed by atoms with Gasteiger partial charge in [-0.3, -0.25) is 9.09 Å². The molecular weight excluding hydrogens is 570 g/mol. The number of hydrogen-bond acceptors (Lipinski definition) is 11. The van der Waals surface area contributed by atoms with E-state index in [0.29, 0.717) is 0 Å². The summed E-state index contributed by atoms with van der Waals surface area (Å²) in [5.74, 6) is 2.15. The molecule has 1 aromatic rings. The summed E-state index contributed by atoms with van der Waals surface area (Å²) in [5.41, 5.74) is 4.75. The summed E-state index contributed by atoms with van der Waals surface area (Å²) in [4.78, 5) is 50.0. The molecular formula is C13H18Cl2N3O13P3. The van der Waals surface area contributed by atoms with Crippen LogP contribution in [0.5, 0.6) is 0 Å². The molecule has 0 amide bonds. The summed E-state index contributed by atoms with van der Waals surface area (Å²) in [6.07, 6.45) is -6.78. The van der Waals surface area contributed by atoms with Crippen LogP contribution in [0.3, 0.4) is 0 Å². The Balaban J connectivity index is 2.37. The molecule has 34 heavy (non-hydrogen) atoms. The molecule has 7 atom stereocenters. The maximum Gasteiger partial charge on any atom is 0.490 e. The van der Waals surface area contributed by atoms with Gasteiger partial charge >= 0.3 is 29.2 Å². The number of nitrogens with zero attached hydrogens (tertiary/aromatic N) is 2. The molecule has 0 bridgehead atoms. The second-order valence-electron chi connectivity index (χ2n) is 6.76. The fourth-order valence-electron chi connectivity index (χ4n) is 3.02. The molecule has 0 spiro atoms. The van der Waals surface area contributed by atoms with Crippen molar-refractivity contribution in [1.29, 1.82) is 0 Å². The van der Waals surface area contributed by atoms with Gasteiger partial charge in [0.05, 0.1) is 6.10 Å². The van der Waals surface area contributed by atoms with Gasteiger partial charge < -0.3 is 35.2 Å². The van der Waals surface area contributed by atoms with E-state index in [9.17, 15) is 33.4 Å². The molecule has 1 saturated heterocycles. The first-order chi connectivity index (χ1) is 15.3. The average molecular weight is 588 g/mol. The van der Waals surface area contributed by atoms with Gasteiger partial charge in [0.1, 0.15) is 18.0 Å². The highest BCUT2D eigenvalue weighted by atomic mass is 35.5. The predicted molar refractivity (Wildman–Crippen MR) is 114 cm³/mol. The molecule has 192 valence electrons. The molecule has 0 aromatic carbocycles. The number of ether oxygens (including phenoxy) is 1. The molecule has 1 aliphatic rings. The van der Waals surface area contributed by atoms with E-state index in [-0.39, 0.29) is 11.5 Å². The zero-order valence-electron chi connectivity index (χ0n) is 17.0. The van der Waals surface area contributed by atoms with Gasteiger partial charge in [0.2, 0.25) is 0 Å². The number of rotatable bonds is 8. The maximum absolute atomic E-state index is 12.4. The molecule has 1 aliphatic heterocycles. The third-order valence-corrected chi connectivity index (χ3v) is 8.73. The van der Waals surface area contributed by atoms with Crippen LogP contribution >= 0.6 is 46.7 Å². The van der Waals surface area contributed by atoms with Crippen LogP contribution in [0.25, 0.3) is 0 Å². The van der Waals surface area contributed by atoms with Crippen molar-refractivity contribution in [3.8, 4) is 11.3 Å². The zero-order valence-corrected chi connectivity index (χ0v) is 21.2. The van der Waals surface area contributed by atoms with Gasteiger partial charge in [0, 0.05) is 11.1 Å². The second-order valence-corrected chi connectivity index (χ2v) is 11.9. The van der Waals surface area contributed by atoms with Crippen LogP contribution in [0.15, 0.2) is 10.9 Å². The number of aliphatic hydroxyl groups is 1. The van der Waals surface area contributed by atoms with Gasteiger partial charge in [-0.1, -0.05) is 17.5 Å². The third-order valence-electron chi connectivity index (χ3n) is 4.21. The van der Waals surface area contributed by atoms with E-state index >= 15 is 0 Å². The van der Waals surface area contributed by atoms with Crippen LogP contribution in [0.2, 0.25) is 0 Å². The summed E-state index contributed by atoms with van der Waals surface area (Å²) in [6.45, 7) is 2.47. The molecule has 1 fully saturated rings. The second kappa shape index (κ2) is 10.3. The Morgan fingerprint density at radius 1 is 1.26 bits per heavy atom. The Morgan fingerprint density at radius 3 is 2.35 bits per heavy atom. The minimum Gasteiger partial charge on any atom is -0.387 e. The highest BCUT2D eigenvalue weighted by molar-refractivity contribution is 7.66. The molecule has 16 nitrogen and oxygen atoms in total. The predicted octanol–water partition coefficient (Wildman–Crippen LogP) is 0.301. The first kappa shape index (κ1) is 29.4. The number of nitrogens with two attached hydrogens (primary N) is 1. The van der Waals surface area contributed by atoms with Crippen molar-refractivity contribution in [3.05, 3.63) is 22.2 Å². The van der Waals surface area contributed by atoms with Crippen molar-refractivity contribution in [3.63, 3.8) is 0 Å². The minimum absolute atomic E-state index is 0.126. The summed E-state index contributed by atoms with van der Waals surface area (Å²) < 4.78 is 52.7. The van der Waals surface area contributed by atoms with Crippen molar-refractivity contribution in [2.75, 3.05) is 5.73 Å². The number of aliphatic hydroxyl groups excluding tert-OH is 1. The molecule has 1 aromatic heterocycles. The Hall–Kier alpha value is -0.850. The van der Waals surface area contributed by atoms with Crippen molar-refractivity contribution in [2.24, 2.45) is 0 Å². The lowest BCUT2D eigenvalue weighted by molar-refractivity contribution is -0.0754. The highest BCUT2D eigenvalue weighted by Gasteiger charge is 2.59. The van der Waals surface area contributed by atoms with Crippen LogP contribution in [0, 0.1) is 18.2 Å². The van der Waals surface area contributed by atoms with Gasteiger partial charge in [-0.05, 0) is 31.5 Å². The Labute approximate surface area is 201 Å². The normalized spacial score (nSPS) is 29.5. The Morgan fingerprint density at radius 2 is 1.85 bits per heavy atom. The highest BCUT2D eigenvalue weighted by Crippen LogP contribution is 2.66. The number of aromatic nitrogens is 2. The number of hydrogen-bond donors (Lipinski definition) is 6. The lowest BCUT2D eigenvalue weighted by Gasteiger charge is -2.27. The Kier molecular flexibility index (Phi) is 8.86. The van der Waals surface area contributed by atoms with E-state index in [2.05, 4.69) is 24.0 Å². The molecule has 7 N–H and O–H groups in total. The van der Waals surface area contributed by atoms with Gasteiger partial charge in [-0.15, -0.1) is 0 Å². The number of phosphoric acid groups is 3. The van der Waals surface area contributed by atoms with E-state index in [0.717, 1.165) is 11.5 Å². The lowest BCUT2D eigenvalue weighted by atomic mass is 9.97. The smallest absolute Gasteiger partial charge is 0.387 e. The average Bonchev–Trinajstić information content (AvgIpc) is 2.83. The lowest BCUT2D eigenvalue weighted by Crippen LogP contribution is -2.45. The zero-order chi connectivity index (χ0) is 26.3. The van der Waals surface area contributed by atoms with Crippen LogP contribution in [-0.4, -0.2) is 57.4 Å². The number of phosphoric ester groups is 1. The van der Waals surface area contributed by atoms with Crippen molar-refractivity contribution >= 4 is 52.5 Å². The number of anilines is 1. The van der Waals surface area contributed by atoms with E-state index in [1.54, 1.807) is 0 Å². The SMILES string of the molecule is Cc1cc(N)nc(=O)n1[C@@H]1OC([C@@H](C)OP(=O)(O)OP(=O)(O)OP(=O)(O)O)[C@H](O)C1(Cl)C#CCl. The molecule has 4 unspecified atom stereocenters. The van der Waals surface area contributed by atoms with E-state index < -0.39 is 58.6 Å². The number of nitrogen functional groups attached to an aromatic ring is 1. The summed E-state index contributed by atoms with van der Waals surface area (Å²) in [5, 5.41) is 12.7. The summed E-state index contributed by atoms with van der Waals surface area (Å²) >= 11 is 11.9. The first-order valence-corrected chi connectivity index (χ1v) is 13.9. The van der Waals surface area contributed by atoms with Gasteiger partial charge in [-0.25, -0.2) is 18.5 Å². The minimum atomic E-state index is -5.79. The molecule has 2 heterocycles. The number of aryl methyl sites for hydroxylation is 1. The molecule has 2 rings (SSSR count). The van der Waals surface area contributed by atoms with Gasteiger partial charge in [-0.2, -0.15) is 13.6 Å². The fourth-order valence-corrected chi connectivity index (χ4v) is 6.74. The standard InChI is InChI=1S/C13H18Cl2N3O13P3/c1-6-5-8(16)17-12(20)18(6)11-13(15,3-4-14)10(19)9(28-11)7(2)29-33(24,25)31-34(26,27)30-32(21,22)23/h5,7,9-11,19H,1-2H3,(H,24,25)(H,26,27)(H2,16,17,20)(H2,21,22,23)/t7-,9?,10+,11-,13?/m1/s1. The number of alkyl halides is 1. The van der Waals surface area contributed by atoms with Crippen LogP contribution in [0.1, 0.15) is 18.8 Å². The molecule has 0 saturated carbocycles. The maximum atomic E-state index is 12.4. The van der Waals surface area contributed by atoms with Crippen molar-refractivity contribution in [2.45, 2.75) is 43.3 Å². The van der Waals surface area contributed by atoms with Crippen molar-refractivity contribution in [1.82, 2.24) is 9.55 Å². The van der Waals surface area contributed by atoms with E-state index in [1.807, 2.05) is 5.38 Å². The summed E-state index contributed by atoms with van der Waals surface area (Å²) in [6, 6.07) is 1.28. The first-order valence-electron chi connectivity index (χ1n) is 8.65. The third kappa shape index (κ3) is 6.88. The van der Waals surface area contributed by atoms with Crippen LogP contribution < -0.4 is 11.4 Å². The molecule has 21 heteroatoms. The molecule has 0 radical (unpaired) electrons. The topological polar surface area (TPSA) is 250 Å². The van der Waals surface area contributed by atoms with E-state index in [1.165, 1.54) is 13.0 Å². The monoisotopic (exact) mass is 587 g/mol. The molecule has 0 aliphatic carbocycles. The largest absolute Gasteiger partial charge is 0.490 e. The fraction of sp³-hybridized carbons (Fsp3) is 0.538. The van der Waals surface area contributed by atoms with Crippen LogP contribution in [0.4, 0.5) is 5.82 Å². The van der Waals surface area contributed by atoms with Crippen LogP contribution in [-0.2, 0) is 31.6 Å². The number of halogens is 2.